The summed E-state index contributed by atoms with van der Waals surface area (Å²) in [6.07, 6.45) is 1.40. The van der Waals surface area contributed by atoms with Crippen molar-refractivity contribution in [2.45, 2.75) is 32.8 Å². The summed E-state index contributed by atoms with van der Waals surface area (Å²) in [5, 5.41) is 0. The van der Waals surface area contributed by atoms with Crippen molar-refractivity contribution < 1.29 is 14.3 Å². The van der Waals surface area contributed by atoms with Crippen LogP contribution in [0.15, 0.2) is 0 Å². The van der Waals surface area contributed by atoms with Crippen LogP contribution >= 0.6 is 0 Å². The molecule has 0 aromatic carbocycles. The first-order chi connectivity index (χ1) is 7.50. The van der Waals surface area contributed by atoms with E-state index in [4.69, 9.17) is 10.5 Å². The number of amides is 2. The molecule has 1 fully saturated rings. The summed E-state index contributed by atoms with van der Waals surface area (Å²) in [4.78, 5) is 24.3. The smallest absolute Gasteiger partial charge is 0.248 e. The van der Waals surface area contributed by atoms with Crippen LogP contribution in [0.25, 0.3) is 0 Å². The third-order valence-corrected chi connectivity index (χ3v) is 2.79. The van der Waals surface area contributed by atoms with Crippen molar-refractivity contribution in [3.8, 4) is 0 Å². The average Bonchev–Trinajstić information content (AvgIpc) is 2.26. The molecule has 0 bridgehead atoms. The Morgan fingerprint density at radius 1 is 1.38 bits per heavy atom. The van der Waals surface area contributed by atoms with E-state index in [0.717, 1.165) is 0 Å². The number of likely N-dealkylation sites (tertiary alicyclic amines) is 1. The lowest BCUT2D eigenvalue weighted by molar-refractivity contribution is -0.140. The summed E-state index contributed by atoms with van der Waals surface area (Å²) in [6, 6.07) is 0. The summed E-state index contributed by atoms with van der Waals surface area (Å²) < 4.78 is 5.25. The lowest BCUT2D eigenvalue weighted by Gasteiger charge is -2.30. The van der Waals surface area contributed by atoms with E-state index < -0.39 is 0 Å². The van der Waals surface area contributed by atoms with Gasteiger partial charge in [0.15, 0.2) is 0 Å². The Morgan fingerprint density at radius 3 is 2.38 bits per heavy atom. The Bertz CT molecular complexity index is 258. The Kier molecular flexibility index (Phi) is 4.73. The molecule has 1 aliphatic heterocycles. The van der Waals surface area contributed by atoms with Crippen LogP contribution in [0.4, 0.5) is 0 Å². The van der Waals surface area contributed by atoms with Gasteiger partial charge in [0.1, 0.15) is 6.61 Å². The largest absolute Gasteiger partial charge is 0.369 e. The highest BCUT2D eigenvalue weighted by Gasteiger charge is 2.25. The van der Waals surface area contributed by atoms with E-state index in [2.05, 4.69) is 0 Å². The monoisotopic (exact) mass is 228 g/mol. The van der Waals surface area contributed by atoms with Crippen molar-refractivity contribution in [1.29, 1.82) is 0 Å². The highest BCUT2D eigenvalue weighted by atomic mass is 16.5. The summed E-state index contributed by atoms with van der Waals surface area (Å²) in [6.45, 7) is 5.12. The van der Waals surface area contributed by atoms with Crippen LogP contribution < -0.4 is 5.73 Å². The molecule has 1 heterocycles. The zero-order valence-electron chi connectivity index (χ0n) is 9.94. The molecule has 5 nitrogen and oxygen atoms in total. The highest BCUT2D eigenvalue weighted by molar-refractivity contribution is 5.79. The lowest BCUT2D eigenvalue weighted by atomic mass is 9.96. The Morgan fingerprint density at radius 2 is 1.94 bits per heavy atom. The number of carbonyl (C=O) groups is 2. The zero-order valence-corrected chi connectivity index (χ0v) is 9.94. The number of piperidine rings is 1. The quantitative estimate of drug-likeness (QED) is 0.743. The van der Waals surface area contributed by atoms with Crippen LogP contribution in [0, 0.1) is 5.92 Å². The summed E-state index contributed by atoms with van der Waals surface area (Å²) in [5.74, 6) is -0.336. The van der Waals surface area contributed by atoms with Crippen LogP contribution in [0.2, 0.25) is 0 Å². The van der Waals surface area contributed by atoms with Crippen LogP contribution in [0.1, 0.15) is 26.7 Å². The number of nitrogens with two attached hydrogens (primary N) is 1. The number of carbonyl (C=O) groups excluding carboxylic acids is 2. The molecule has 2 N–H and O–H groups in total. The highest BCUT2D eigenvalue weighted by Crippen LogP contribution is 2.16. The maximum absolute atomic E-state index is 11.7. The number of ether oxygens (including phenoxy) is 1. The molecule has 0 spiro atoms. The number of hydrogen-bond acceptors (Lipinski definition) is 3. The van der Waals surface area contributed by atoms with Gasteiger partial charge < -0.3 is 15.4 Å². The number of hydrogen-bond donors (Lipinski definition) is 1. The van der Waals surface area contributed by atoms with Gasteiger partial charge in [0.25, 0.3) is 0 Å². The third-order valence-electron chi connectivity index (χ3n) is 2.79. The van der Waals surface area contributed by atoms with E-state index in [1.54, 1.807) is 4.90 Å². The Labute approximate surface area is 95.9 Å². The van der Waals surface area contributed by atoms with E-state index in [9.17, 15) is 9.59 Å². The maximum Gasteiger partial charge on any atom is 0.248 e. The molecule has 0 radical (unpaired) electrons. The molecule has 1 rings (SSSR count). The molecule has 5 heteroatoms. The fourth-order valence-corrected chi connectivity index (χ4v) is 1.74. The van der Waals surface area contributed by atoms with Gasteiger partial charge in [0.05, 0.1) is 6.10 Å². The van der Waals surface area contributed by atoms with Crippen LogP contribution in [0.5, 0.6) is 0 Å². The predicted octanol–water partition coefficient (Wildman–Crippen LogP) is 0.135. The minimum atomic E-state index is -0.259. The van der Waals surface area contributed by atoms with Crippen LogP contribution in [-0.2, 0) is 14.3 Å². The first kappa shape index (κ1) is 13.0. The number of nitrogens with zero attached hydrogens (tertiary/aromatic N) is 1. The van der Waals surface area contributed by atoms with Gasteiger partial charge in [-0.15, -0.1) is 0 Å². The van der Waals surface area contributed by atoms with Gasteiger partial charge in [0.2, 0.25) is 11.8 Å². The van der Waals surface area contributed by atoms with Gasteiger partial charge in [-0.1, -0.05) is 0 Å². The summed E-state index contributed by atoms with van der Waals surface area (Å²) >= 11 is 0. The SMILES string of the molecule is CC(C)OCC(=O)N1CCC(C(N)=O)CC1. The topological polar surface area (TPSA) is 72.6 Å². The molecular formula is C11H20N2O3. The second-order valence-electron chi connectivity index (χ2n) is 4.42. The summed E-state index contributed by atoms with van der Waals surface area (Å²) in [5.41, 5.74) is 5.22. The standard InChI is InChI=1S/C11H20N2O3/c1-8(2)16-7-10(14)13-5-3-9(4-6-13)11(12)15/h8-9H,3-7H2,1-2H3,(H2,12,15). The van der Waals surface area contributed by atoms with Crippen molar-refractivity contribution in [1.82, 2.24) is 4.90 Å². The van der Waals surface area contributed by atoms with Gasteiger partial charge in [-0.3, -0.25) is 9.59 Å². The van der Waals surface area contributed by atoms with Gasteiger partial charge in [-0.2, -0.15) is 0 Å². The number of primary amides is 1. The minimum absolute atomic E-state index is 0.00313. The van der Waals surface area contributed by atoms with Crippen molar-refractivity contribution in [2.24, 2.45) is 11.7 Å². The number of rotatable bonds is 4. The first-order valence-electron chi connectivity index (χ1n) is 5.69. The molecule has 0 atom stereocenters. The molecule has 16 heavy (non-hydrogen) atoms. The average molecular weight is 228 g/mol. The Hall–Kier alpha value is -1.10. The van der Waals surface area contributed by atoms with E-state index in [1.165, 1.54) is 0 Å². The molecule has 0 aliphatic carbocycles. The van der Waals surface area contributed by atoms with E-state index in [1.807, 2.05) is 13.8 Å². The fourth-order valence-electron chi connectivity index (χ4n) is 1.74. The van der Waals surface area contributed by atoms with Crippen LogP contribution in [-0.4, -0.2) is 42.5 Å². The van der Waals surface area contributed by atoms with Crippen molar-refractivity contribution in [3.63, 3.8) is 0 Å². The van der Waals surface area contributed by atoms with Crippen molar-refractivity contribution in [3.05, 3.63) is 0 Å². The molecule has 1 aliphatic rings. The molecule has 1 saturated heterocycles. The van der Waals surface area contributed by atoms with Crippen molar-refractivity contribution in [2.75, 3.05) is 19.7 Å². The van der Waals surface area contributed by atoms with Gasteiger partial charge >= 0.3 is 0 Å². The van der Waals surface area contributed by atoms with Gasteiger partial charge in [-0.25, -0.2) is 0 Å². The maximum atomic E-state index is 11.7. The summed E-state index contributed by atoms with van der Waals surface area (Å²) in [7, 11) is 0. The lowest BCUT2D eigenvalue weighted by Crippen LogP contribution is -2.43. The molecular weight excluding hydrogens is 208 g/mol. The predicted molar refractivity (Wildman–Crippen MR) is 59.6 cm³/mol. The molecule has 0 unspecified atom stereocenters. The van der Waals surface area contributed by atoms with Crippen LogP contribution in [0.3, 0.4) is 0 Å². The van der Waals surface area contributed by atoms with E-state index in [0.29, 0.717) is 25.9 Å². The van der Waals surface area contributed by atoms with Gasteiger partial charge in [0, 0.05) is 19.0 Å². The zero-order chi connectivity index (χ0) is 12.1. The normalized spacial score (nSPS) is 17.8. The molecule has 0 saturated carbocycles. The second kappa shape index (κ2) is 5.84. The van der Waals surface area contributed by atoms with Gasteiger partial charge in [-0.05, 0) is 26.7 Å². The first-order valence-corrected chi connectivity index (χ1v) is 5.69. The molecule has 92 valence electrons. The minimum Gasteiger partial charge on any atom is -0.369 e. The fraction of sp³-hybridized carbons (Fsp3) is 0.818. The molecule has 0 aromatic heterocycles. The van der Waals surface area contributed by atoms with Crippen molar-refractivity contribution >= 4 is 11.8 Å². The third kappa shape index (κ3) is 3.81. The second-order valence-corrected chi connectivity index (χ2v) is 4.42. The molecule has 2 amide bonds. The Balaban J connectivity index is 2.30. The van der Waals surface area contributed by atoms with E-state index in [-0.39, 0.29) is 30.4 Å². The molecule has 0 aromatic rings. The van der Waals surface area contributed by atoms with E-state index >= 15 is 0 Å².